The number of hydrogen-bond donors (Lipinski definition) is 2. The zero-order valence-corrected chi connectivity index (χ0v) is 9.83. The van der Waals surface area contributed by atoms with Crippen LogP contribution in [0.3, 0.4) is 0 Å². The van der Waals surface area contributed by atoms with Crippen molar-refractivity contribution >= 4 is 0 Å². The van der Waals surface area contributed by atoms with Crippen LogP contribution in [0.4, 0.5) is 0 Å². The number of rotatable bonds is 4. The zero-order chi connectivity index (χ0) is 11.2. The third kappa shape index (κ3) is 2.82. The average Bonchev–Trinajstić information content (AvgIpc) is 2.38. The molecule has 0 aromatic heterocycles. The van der Waals surface area contributed by atoms with Crippen molar-refractivity contribution < 1.29 is 4.84 Å². The standard InChI is InChI=1S/C13H20N2O/c1-16-15-10-12-4-2-3-5-13(12)11-6-8-14-9-7-11/h2-5,11,14-15H,6-10H2,1H3. The van der Waals surface area contributed by atoms with E-state index in [-0.39, 0.29) is 0 Å². The largest absolute Gasteiger partial charge is 0.317 e. The highest BCUT2D eigenvalue weighted by molar-refractivity contribution is 5.30. The lowest BCUT2D eigenvalue weighted by Crippen LogP contribution is -2.27. The third-order valence-electron chi connectivity index (χ3n) is 3.24. The molecule has 3 heteroatoms. The molecule has 16 heavy (non-hydrogen) atoms. The molecule has 88 valence electrons. The first-order valence-corrected chi connectivity index (χ1v) is 5.96. The maximum absolute atomic E-state index is 4.93. The molecular formula is C13H20N2O. The lowest BCUT2D eigenvalue weighted by atomic mass is 9.87. The Morgan fingerprint density at radius 2 is 2.06 bits per heavy atom. The summed E-state index contributed by atoms with van der Waals surface area (Å²) in [7, 11) is 1.66. The Kier molecular flexibility index (Phi) is 4.34. The summed E-state index contributed by atoms with van der Waals surface area (Å²) in [6, 6.07) is 8.66. The minimum atomic E-state index is 0.705. The Morgan fingerprint density at radius 3 is 2.81 bits per heavy atom. The maximum Gasteiger partial charge on any atom is 0.0572 e. The predicted molar refractivity (Wildman–Crippen MR) is 65.1 cm³/mol. The summed E-state index contributed by atoms with van der Waals surface area (Å²) in [5, 5.41) is 3.41. The second-order valence-corrected chi connectivity index (χ2v) is 4.25. The fraction of sp³-hybridized carbons (Fsp3) is 0.538. The minimum Gasteiger partial charge on any atom is -0.317 e. The molecule has 1 aliphatic heterocycles. The summed E-state index contributed by atoms with van der Waals surface area (Å²) in [6.07, 6.45) is 2.48. The second-order valence-electron chi connectivity index (χ2n) is 4.25. The van der Waals surface area contributed by atoms with Gasteiger partial charge >= 0.3 is 0 Å². The van der Waals surface area contributed by atoms with Crippen molar-refractivity contribution in [3.05, 3.63) is 35.4 Å². The molecule has 0 radical (unpaired) electrons. The van der Waals surface area contributed by atoms with Crippen LogP contribution in [0.15, 0.2) is 24.3 Å². The van der Waals surface area contributed by atoms with E-state index in [9.17, 15) is 0 Å². The van der Waals surface area contributed by atoms with Gasteiger partial charge in [-0.15, -0.1) is 0 Å². The monoisotopic (exact) mass is 220 g/mol. The van der Waals surface area contributed by atoms with E-state index in [2.05, 4.69) is 35.1 Å². The van der Waals surface area contributed by atoms with Crippen LogP contribution in [0.1, 0.15) is 29.9 Å². The Bertz CT molecular complexity index is 321. The molecule has 0 unspecified atom stereocenters. The normalized spacial score (nSPS) is 17.6. The summed E-state index contributed by atoms with van der Waals surface area (Å²) >= 11 is 0. The van der Waals surface area contributed by atoms with Crippen LogP contribution in [0.2, 0.25) is 0 Å². The highest BCUT2D eigenvalue weighted by atomic mass is 16.6. The molecular weight excluding hydrogens is 200 g/mol. The lowest BCUT2D eigenvalue weighted by Gasteiger charge is -2.25. The van der Waals surface area contributed by atoms with Gasteiger partial charge < -0.3 is 10.2 Å². The van der Waals surface area contributed by atoms with Gasteiger partial charge in [-0.25, -0.2) is 0 Å². The lowest BCUT2D eigenvalue weighted by molar-refractivity contribution is 0.0864. The van der Waals surface area contributed by atoms with Gasteiger partial charge in [-0.05, 0) is 43.0 Å². The highest BCUT2D eigenvalue weighted by Gasteiger charge is 2.17. The molecule has 0 spiro atoms. The highest BCUT2D eigenvalue weighted by Crippen LogP contribution is 2.27. The zero-order valence-electron chi connectivity index (χ0n) is 9.83. The van der Waals surface area contributed by atoms with E-state index >= 15 is 0 Å². The van der Waals surface area contributed by atoms with E-state index in [4.69, 9.17) is 4.84 Å². The first-order chi connectivity index (χ1) is 7.92. The molecule has 1 aliphatic rings. The van der Waals surface area contributed by atoms with E-state index in [1.165, 1.54) is 24.0 Å². The van der Waals surface area contributed by atoms with Crippen LogP contribution in [-0.4, -0.2) is 20.2 Å². The van der Waals surface area contributed by atoms with Crippen molar-refractivity contribution in [2.75, 3.05) is 20.2 Å². The summed E-state index contributed by atoms with van der Waals surface area (Å²) in [6.45, 7) is 3.06. The number of benzene rings is 1. The van der Waals surface area contributed by atoms with Crippen molar-refractivity contribution in [3.8, 4) is 0 Å². The van der Waals surface area contributed by atoms with Gasteiger partial charge in [-0.3, -0.25) is 0 Å². The molecule has 0 amide bonds. The fourth-order valence-electron chi connectivity index (χ4n) is 2.38. The van der Waals surface area contributed by atoms with E-state index in [1.54, 1.807) is 7.11 Å². The van der Waals surface area contributed by atoms with Gasteiger partial charge in [-0.2, -0.15) is 5.48 Å². The van der Waals surface area contributed by atoms with Crippen LogP contribution in [0.5, 0.6) is 0 Å². The van der Waals surface area contributed by atoms with Crippen LogP contribution in [-0.2, 0) is 11.4 Å². The Labute approximate surface area is 97.1 Å². The van der Waals surface area contributed by atoms with E-state index in [0.29, 0.717) is 5.92 Å². The third-order valence-corrected chi connectivity index (χ3v) is 3.24. The molecule has 1 aromatic rings. The number of nitrogens with one attached hydrogen (secondary N) is 2. The molecule has 0 saturated carbocycles. The van der Waals surface area contributed by atoms with Crippen LogP contribution in [0.25, 0.3) is 0 Å². The summed E-state index contributed by atoms with van der Waals surface area (Å²) in [4.78, 5) is 4.93. The Morgan fingerprint density at radius 1 is 1.31 bits per heavy atom. The SMILES string of the molecule is CONCc1ccccc1C1CCNCC1. The number of hydroxylamine groups is 1. The van der Waals surface area contributed by atoms with E-state index in [1.807, 2.05) is 0 Å². The first-order valence-electron chi connectivity index (χ1n) is 5.96. The summed E-state index contributed by atoms with van der Waals surface area (Å²) in [5.74, 6) is 0.705. The number of hydrogen-bond acceptors (Lipinski definition) is 3. The van der Waals surface area contributed by atoms with Crippen molar-refractivity contribution in [2.24, 2.45) is 0 Å². The topological polar surface area (TPSA) is 33.3 Å². The molecule has 2 rings (SSSR count). The fourth-order valence-corrected chi connectivity index (χ4v) is 2.38. The van der Waals surface area contributed by atoms with Crippen molar-refractivity contribution in [2.45, 2.75) is 25.3 Å². The van der Waals surface area contributed by atoms with Gasteiger partial charge in [0, 0.05) is 6.54 Å². The van der Waals surface area contributed by atoms with Crippen molar-refractivity contribution in [1.29, 1.82) is 0 Å². The predicted octanol–water partition coefficient (Wildman–Crippen LogP) is 1.80. The first kappa shape index (κ1) is 11.6. The Hall–Kier alpha value is -0.900. The van der Waals surface area contributed by atoms with Crippen LogP contribution in [0, 0.1) is 0 Å². The molecule has 1 heterocycles. The van der Waals surface area contributed by atoms with E-state index < -0.39 is 0 Å². The van der Waals surface area contributed by atoms with Crippen LogP contribution >= 0.6 is 0 Å². The van der Waals surface area contributed by atoms with Gasteiger partial charge in [-0.1, -0.05) is 24.3 Å². The molecule has 1 fully saturated rings. The minimum absolute atomic E-state index is 0.705. The van der Waals surface area contributed by atoms with Crippen molar-refractivity contribution in [3.63, 3.8) is 0 Å². The maximum atomic E-state index is 4.93. The van der Waals surface area contributed by atoms with Gasteiger partial charge in [0.1, 0.15) is 0 Å². The molecule has 2 N–H and O–H groups in total. The molecule has 0 aliphatic carbocycles. The smallest absolute Gasteiger partial charge is 0.0572 e. The number of piperidine rings is 1. The van der Waals surface area contributed by atoms with Crippen molar-refractivity contribution in [1.82, 2.24) is 10.8 Å². The molecule has 3 nitrogen and oxygen atoms in total. The van der Waals surface area contributed by atoms with Gasteiger partial charge in [0.2, 0.25) is 0 Å². The second kappa shape index (κ2) is 5.99. The quantitative estimate of drug-likeness (QED) is 0.759. The molecule has 0 bridgehead atoms. The van der Waals surface area contributed by atoms with E-state index in [0.717, 1.165) is 19.6 Å². The van der Waals surface area contributed by atoms with Crippen LogP contribution < -0.4 is 10.8 Å². The summed E-state index contributed by atoms with van der Waals surface area (Å²) in [5.41, 5.74) is 5.77. The van der Waals surface area contributed by atoms with Gasteiger partial charge in [0.15, 0.2) is 0 Å². The molecule has 1 aromatic carbocycles. The van der Waals surface area contributed by atoms with Gasteiger partial charge in [0.25, 0.3) is 0 Å². The summed E-state index contributed by atoms with van der Waals surface area (Å²) < 4.78 is 0. The Balaban J connectivity index is 2.11. The average molecular weight is 220 g/mol. The molecule has 0 atom stereocenters. The molecule has 1 saturated heterocycles. The van der Waals surface area contributed by atoms with Gasteiger partial charge in [0.05, 0.1) is 7.11 Å².